The van der Waals surface area contributed by atoms with Crippen molar-refractivity contribution in [3.05, 3.63) is 129 Å². The number of nitrogens with one attached hydrogen (secondary N) is 2. The smallest absolute Gasteiger partial charge is 0.279 e. The fraction of sp³-hybridized carbons (Fsp3) is 0.263. The summed E-state index contributed by atoms with van der Waals surface area (Å²) in [4.78, 5) is 0. The summed E-state index contributed by atoms with van der Waals surface area (Å²) < 4.78 is 72.5. The van der Waals surface area contributed by atoms with E-state index in [9.17, 15) is 25.9 Å². The van der Waals surface area contributed by atoms with E-state index in [1.807, 2.05) is 26.0 Å². The SMILES string of the molecule is CCCc1cc(-c2ccc(C3(S(=O)(=O)O)C/C(=N\N)C(=N)c4ccccc43)c(CCC)c2)ccc1C1(S(=O)(=O)O)C/C(=N/N)C(=N)c2ccccc21. The van der Waals surface area contributed by atoms with Crippen molar-refractivity contribution in [2.45, 2.75) is 61.9 Å². The largest absolute Gasteiger partial charge is 0.323 e. The van der Waals surface area contributed by atoms with Crippen LogP contribution in [0.15, 0.2) is 95.1 Å². The minimum atomic E-state index is -4.87. The first-order chi connectivity index (χ1) is 24.7. The molecule has 0 aromatic heterocycles. The Morgan fingerprint density at radius 3 is 1.31 bits per heavy atom. The van der Waals surface area contributed by atoms with E-state index in [4.69, 9.17) is 22.5 Å². The summed E-state index contributed by atoms with van der Waals surface area (Å²) >= 11 is 0. The second-order valence-corrected chi connectivity index (χ2v) is 16.5. The van der Waals surface area contributed by atoms with Crippen LogP contribution in [0.5, 0.6) is 0 Å². The first kappa shape index (κ1) is 36.8. The number of aryl methyl sites for hydroxylation is 2. The van der Waals surface area contributed by atoms with Gasteiger partial charge in [-0.15, -0.1) is 0 Å². The molecule has 8 N–H and O–H groups in total. The van der Waals surface area contributed by atoms with Crippen LogP contribution in [0.4, 0.5) is 0 Å². The third-order valence-electron chi connectivity index (χ3n) is 10.3. The zero-order chi connectivity index (χ0) is 37.6. The zero-order valence-electron chi connectivity index (χ0n) is 28.7. The van der Waals surface area contributed by atoms with Gasteiger partial charge in [-0.25, -0.2) is 0 Å². The maximum atomic E-state index is 13.6. The third-order valence-corrected chi connectivity index (χ3v) is 13.2. The highest BCUT2D eigenvalue weighted by Crippen LogP contribution is 2.49. The molecule has 0 saturated carbocycles. The summed E-state index contributed by atoms with van der Waals surface area (Å²) in [5.41, 5.74) is 4.57. The van der Waals surface area contributed by atoms with Crippen molar-refractivity contribution in [2.24, 2.45) is 21.9 Å². The highest BCUT2D eigenvalue weighted by molar-refractivity contribution is 7.87. The molecule has 0 fully saturated rings. The van der Waals surface area contributed by atoms with E-state index in [1.54, 1.807) is 72.8 Å². The number of benzene rings is 4. The van der Waals surface area contributed by atoms with E-state index in [2.05, 4.69) is 10.2 Å². The molecule has 2 aliphatic carbocycles. The van der Waals surface area contributed by atoms with Crippen molar-refractivity contribution in [1.29, 1.82) is 10.8 Å². The summed E-state index contributed by atoms with van der Waals surface area (Å²) in [7, 11) is -9.75. The van der Waals surface area contributed by atoms with Gasteiger partial charge in [0.25, 0.3) is 20.2 Å². The molecule has 2 aliphatic rings. The second-order valence-electron chi connectivity index (χ2n) is 13.2. The van der Waals surface area contributed by atoms with E-state index in [0.29, 0.717) is 70.2 Å². The first-order valence-corrected chi connectivity index (χ1v) is 19.7. The molecule has 2 unspecified atom stereocenters. The van der Waals surface area contributed by atoms with E-state index < -0.39 is 29.7 Å². The lowest BCUT2D eigenvalue weighted by Crippen LogP contribution is -2.46. The number of fused-ring (bicyclic) bond motifs is 2. The monoisotopic (exact) mass is 740 g/mol. The molecule has 270 valence electrons. The molecular formula is C38H40N6O6S2. The van der Waals surface area contributed by atoms with E-state index in [0.717, 1.165) is 0 Å². The summed E-state index contributed by atoms with van der Waals surface area (Å²) in [6, 6.07) is 23.7. The lowest BCUT2D eigenvalue weighted by atomic mass is 9.73. The van der Waals surface area contributed by atoms with Crippen molar-refractivity contribution in [3.8, 4) is 11.1 Å². The maximum absolute atomic E-state index is 13.6. The molecule has 0 amide bonds. The minimum absolute atomic E-state index is 0.0143. The predicted molar refractivity (Wildman–Crippen MR) is 204 cm³/mol. The fourth-order valence-corrected chi connectivity index (χ4v) is 10.5. The van der Waals surface area contributed by atoms with Crippen LogP contribution in [0, 0.1) is 10.8 Å². The lowest BCUT2D eigenvalue weighted by Gasteiger charge is -2.39. The van der Waals surface area contributed by atoms with Gasteiger partial charge in [0.05, 0.1) is 22.8 Å². The summed E-state index contributed by atoms with van der Waals surface area (Å²) in [5, 5.41) is 24.8. The number of rotatable bonds is 9. The average molecular weight is 741 g/mol. The van der Waals surface area contributed by atoms with Gasteiger partial charge < -0.3 is 11.7 Å². The van der Waals surface area contributed by atoms with Gasteiger partial charge in [-0.2, -0.15) is 27.0 Å². The molecule has 0 bridgehead atoms. The van der Waals surface area contributed by atoms with Crippen molar-refractivity contribution >= 4 is 43.1 Å². The third kappa shape index (κ3) is 5.57. The Bertz CT molecular complexity index is 2260. The van der Waals surface area contributed by atoms with Crippen LogP contribution in [0.1, 0.15) is 84.0 Å². The molecule has 0 spiro atoms. The maximum Gasteiger partial charge on any atom is 0.279 e. The van der Waals surface area contributed by atoms with Gasteiger partial charge in [0, 0.05) is 24.0 Å². The Morgan fingerprint density at radius 1 is 0.615 bits per heavy atom. The van der Waals surface area contributed by atoms with Gasteiger partial charge >= 0.3 is 0 Å². The molecule has 6 rings (SSSR count). The normalized spacial score (nSPS) is 22.0. The lowest BCUT2D eigenvalue weighted by molar-refractivity contribution is 0.444. The minimum Gasteiger partial charge on any atom is -0.323 e. The van der Waals surface area contributed by atoms with Gasteiger partial charge in [-0.05, 0) is 57.3 Å². The topological polar surface area (TPSA) is 233 Å². The van der Waals surface area contributed by atoms with Crippen LogP contribution in [-0.4, -0.2) is 48.8 Å². The molecule has 0 heterocycles. The molecule has 0 aliphatic heterocycles. The van der Waals surface area contributed by atoms with E-state index >= 15 is 0 Å². The number of hydrazone groups is 2. The molecule has 12 nitrogen and oxygen atoms in total. The van der Waals surface area contributed by atoms with Gasteiger partial charge in [0.15, 0.2) is 9.49 Å². The van der Waals surface area contributed by atoms with Gasteiger partial charge in [-0.1, -0.05) is 112 Å². The van der Waals surface area contributed by atoms with E-state index in [-0.39, 0.29) is 46.8 Å². The van der Waals surface area contributed by atoms with Crippen molar-refractivity contribution in [2.75, 3.05) is 0 Å². The first-order valence-electron chi connectivity index (χ1n) is 16.8. The molecule has 14 heteroatoms. The molecule has 4 aromatic carbocycles. The Kier molecular flexibility index (Phi) is 9.55. The van der Waals surface area contributed by atoms with Crippen LogP contribution in [0.3, 0.4) is 0 Å². The molecule has 0 saturated heterocycles. The highest BCUT2D eigenvalue weighted by Gasteiger charge is 2.54. The van der Waals surface area contributed by atoms with Gasteiger partial charge in [0.2, 0.25) is 0 Å². The molecule has 0 radical (unpaired) electrons. The fourth-order valence-electron chi connectivity index (χ4n) is 7.98. The van der Waals surface area contributed by atoms with E-state index in [1.165, 1.54) is 0 Å². The van der Waals surface area contributed by atoms with Gasteiger partial charge in [0.1, 0.15) is 0 Å². The Balaban J connectivity index is 1.58. The Morgan fingerprint density at radius 2 is 0.981 bits per heavy atom. The number of nitrogens with two attached hydrogens (primary N) is 2. The Labute approximate surface area is 303 Å². The molecule has 4 aromatic rings. The van der Waals surface area contributed by atoms with Crippen LogP contribution < -0.4 is 11.7 Å². The second kappa shape index (κ2) is 13.5. The number of hydrogen-bond donors (Lipinski definition) is 6. The standard InChI is InChI=1S/C38H40N6O6S2/c1-3-9-25-19-23(15-17-29(25)37(51(45,46)47)21-33(43-41)35(39)27-11-5-7-13-31(27)37)24-16-18-30(26(20-24)10-4-2)38(52(48,49)50)22-34(44-42)36(40)28-12-6-8-14-32(28)38/h5-8,11-20,39-40H,3-4,9-10,21-22,41-42H2,1-2H3,(H,45,46,47)(H,48,49,50)/b39-35?,40-36?,43-33-,44-34+. The zero-order valence-corrected chi connectivity index (χ0v) is 30.4. The summed E-state index contributed by atoms with van der Waals surface area (Å²) in [5.74, 6) is 11.3. The van der Waals surface area contributed by atoms with Gasteiger partial charge in [-0.3, -0.25) is 19.9 Å². The Hall–Kier alpha value is -5.02. The van der Waals surface area contributed by atoms with Crippen LogP contribution in [0.2, 0.25) is 0 Å². The van der Waals surface area contributed by atoms with Crippen LogP contribution in [-0.2, 0) is 42.6 Å². The van der Waals surface area contributed by atoms with Crippen LogP contribution >= 0.6 is 0 Å². The molecule has 2 atom stereocenters. The number of hydrogen-bond acceptors (Lipinski definition) is 10. The summed E-state index contributed by atoms with van der Waals surface area (Å²) in [6.07, 6.45) is 1.51. The average Bonchev–Trinajstić information content (AvgIpc) is 3.12. The number of nitrogens with zero attached hydrogens (tertiary/aromatic N) is 2. The van der Waals surface area contributed by atoms with Crippen molar-refractivity contribution < 1.29 is 25.9 Å². The van der Waals surface area contributed by atoms with Crippen molar-refractivity contribution in [1.82, 2.24) is 0 Å². The summed E-state index contributed by atoms with van der Waals surface area (Å²) in [6.45, 7) is 3.91. The highest BCUT2D eigenvalue weighted by atomic mass is 32.2. The van der Waals surface area contributed by atoms with Crippen LogP contribution in [0.25, 0.3) is 11.1 Å². The quantitative estimate of drug-likeness (QED) is 0.0707. The molecule has 52 heavy (non-hydrogen) atoms. The predicted octanol–water partition coefficient (Wildman–Crippen LogP) is 5.69. The van der Waals surface area contributed by atoms with Crippen molar-refractivity contribution in [3.63, 3.8) is 0 Å². The molecular weight excluding hydrogens is 701 g/mol.